The molecule has 0 spiro atoms. The summed E-state index contributed by atoms with van der Waals surface area (Å²) in [5.74, 6) is 0.686. The van der Waals surface area contributed by atoms with Crippen molar-refractivity contribution in [2.45, 2.75) is 48.0 Å². The highest BCUT2D eigenvalue weighted by Crippen LogP contribution is 2.36. The molecule has 2 heteroatoms. The normalized spacial score (nSPS) is 15.4. The molecular weight excluding hydrogens is 184 g/mol. The monoisotopic (exact) mass is 214 g/mol. The Morgan fingerprint density at radius 2 is 1.67 bits per heavy atom. The van der Waals surface area contributed by atoms with Crippen molar-refractivity contribution in [2.24, 2.45) is 22.5 Å². The average Bonchev–Trinajstić information content (AvgIpc) is 2.01. The van der Waals surface area contributed by atoms with Crippen molar-refractivity contribution in [3.8, 4) is 0 Å². The molecule has 0 aromatic heterocycles. The molecule has 1 atom stereocenters. The van der Waals surface area contributed by atoms with Crippen LogP contribution in [0.4, 0.5) is 0 Å². The quantitative estimate of drug-likeness (QED) is 0.713. The maximum Gasteiger partial charge on any atom is 0.000764 e. The maximum absolute atomic E-state index is 5.53. The van der Waals surface area contributed by atoms with Crippen LogP contribution in [0.15, 0.2) is 0 Å². The summed E-state index contributed by atoms with van der Waals surface area (Å²) >= 11 is 0. The second-order valence-electron chi connectivity index (χ2n) is 6.45. The van der Waals surface area contributed by atoms with Gasteiger partial charge in [-0.25, -0.2) is 0 Å². The lowest BCUT2D eigenvalue weighted by Gasteiger charge is -2.39. The van der Waals surface area contributed by atoms with E-state index in [0.29, 0.717) is 16.7 Å². The first-order valence-electron chi connectivity index (χ1n) is 6.11. The molecule has 0 radical (unpaired) electrons. The van der Waals surface area contributed by atoms with Crippen LogP contribution < -0.4 is 11.1 Å². The second-order valence-corrected chi connectivity index (χ2v) is 6.45. The van der Waals surface area contributed by atoms with Crippen LogP contribution in [0, 0.1) is 16.7 Å². The molecule has 0 fully saturated rings. The smallest absolute Gasteiger partial charge is 0.000764 e. The van der Waals surface area contributed by atoms with Gasteiger partial charge in [0.15, 0.2) is 0 Å². The van der Waals surface area contributed by atoms with Crippen LogP contribution in [0.1, 0.15) is 48.0 Å². The zero-order valence-corrected chi connectivity index (χ0v) is 11.5. The number of nitrogens with one attached hydrogen (secondary N) is 1. The van der Waals surface area contributed by atoms with E-state index in [0.717, 1.165) is 26.1 Å². The van der Waals surface area contributed by atoms with Crippen molar-refractivity contribution in [1.29, 1.82) is 0 Å². The highest BCUT2D eigenvalue weighted by molar-refractivity contribution is 4.84. The molecule has 0 saturated carbocycles. The van der Waals surface area contributed by atoms with Gasteiger partial charge in [0.05, 0.1) is 0 Å². The third-order valence-electron chi connectivity index (χ3n) is 3.75. The predicted molar refractivity (Wildman–Crippen MR) is 68.9 cm³/mol. The van der Waals surface area contributed by atoms with Gasteiger partial charge in [-0.3, -0.25) is 0 Å². The standard InChI is InChI=1S/C13H30N2/c1-11(7-8-14)9-15-10-13(5,6)12(2,3)4/h11,15H,7-10,14H2,1-6H3. The van der Waals surface area contributed by atoms with Gasteiger partial charge in [0.2, 0.25) is 0 Å². The van der Waals surface area contributed by atoms with Crippen LogP contribution >= 0.6 is 0 Å². The summed E-state index contributed by atoms with van der Waals surface area (Å²) in [7, 11) is 0. The van der Waals surface area contributed by atoms with Crippen molar-refractivity contribution in [1.82, 2.24) is 5.32 Å². The third kappa shape index (κ3) is 5.53. The fourth-order valence-corrected chi connectivity index (χ4v) is 1.28. The van der Waals surface area contributed by atoms with Gasteiger partial charge in [0.25, 0.3) is 0 Å². The minimum Gasteiger partial charge on any atom is -0.330 e. The van der Waals surface area contributed by atoms with Crippen LogP contribution in [-0.2, 0) is 0 Å². The van der Waals surface area contributed by atoms with Crippen molar-refractivity contribution in [3.63, 3.8) is 0 Å². The summed E-state index contributed by atoms with van der Waals surface area (Å²) in [6, 6.07) is 0. The highest BCUT2D eigenvalue weighted by Gasteiger charge is 2.32. The summed E-state index contributed by atoms with van der Waals surface area (Å²) < 4.78 is 0. The average molecular weight is 214 g/mol. The highest BCUT2D eigenvalue weighted by atomic mass is 14.9. The van der Waals surface area contributed by atoms with Gasteiger partial charge in [-0.1, -0.05) is 41.5 Å². The van der Waals surface area contributed by atoms with Gasteiger partial charge in [-0.2, -0.15) is 0 Å². The van der Waals surface area contributed by atoms with Crippen molar-refractivity contribution in [3.05, 3.63) is 0 Å². The van der Waals surface area contributed by atoms with Gasteiger partial charge in [0.1, 0.15) is 0 Å². The van der Waals surface area contributed by atoms with E-state index < -0.39 is 0 Å². The largest absolute Gasteiger partial charge is 0.330 e. The third-order valence-corrected chi connectivity index (χ3v) is 3.75. The molecule has 0 bridgehead atoms. The Morgan fingerprint density at radius 3 is 2.07 bits per heavy atom. The predicted octanol–water partition coefficient (Wildman–Crippen LogP) is 2.63. The molecule has 3 N–H and O–H groups in total. The van der Waals surface area contributed by atoms with Crippen molar-refractivity contribution in [2.75, 3.05) is 19.6 Å². The minimum atomic E-state index is 0.329. The van der Waals surface area contributed by atoms with Gasteiger partial charge in [-0.05, 0) is 36.3 Å². The molecular formula is C13H30N2. The van der Waals surface area contributed by atoms with E-state index >= 15 is 0 Å². The molecule has 0 aliphatic carbocycles. The lowest BCUT2D eigenvalue weighted by molar-refractivity contribution is 0.128. The molecule has 0 rings (SSSR count). The van der Waals surface area contributed by atoms with E-state index in [9.17, 15) is 0 Å². The topological polar surface area (TPSA) is 38.0 Å². The van der Waals surface area contributed by atoms with Crippen LogP contribution in [0.2, 0.25) is 0 Å². The van der Waals surface area contributed by atoms with Gasteiger partial charge in [-0.15, -0.1) is 0 Å². The van der Waals surface area contributed by atoms with Crippen LogP contribution in [0.3, 0.4) is 0 Å². The van der Waals surface area contributed by atoms with Gasteiger partial charge in [0, 0.05) is 6.54 Å². The van der Waals surface area contributed by atoms with E-state index in [2.05, 4.69) is 46.9 Å². The van der Waals surface area contributed by atoms with Crippen LogP contribution in [0.25, 0.3) is 0 Å². The molecule has 0 aromatic carbocycles. The van der Waals surface area contributed by atoms with Crippen molar-refractivity contribution >= 4 is 0 Å². The minimum absolute atomic E-state index is 0.329. The zero-order valence-electron chi connectivity index (χ0n) is 11.5. The summed E-state index contributed by atoms with van der Waals surface area (Å²) in [4.78, 5) is 0. The SMILES string of the molecule is CC(CCN)CNCC(C)(C)C(C)(C)C. The summed E-state index contributed by atoms with van der Waals surface area (Å²) in [5, 5.41) is 3.56. The Labute approximate surface area is 96.0 Å². The van der Waals surface area contributed by atoms with E-state index in [-0.39, 0.29) is 0 Å². The molecule has 2 nitrogen and oxygen atoms in total. The molecule has 92 valence electrons. The fourth-order valence-electron chi connectivity index (χ4n) is 1.28. The van der Waals surface area contributed by atoms with Crippen LogP contribution in [-0.4, -0.2) is 19.6 Å². The molecule has 15 heavy (non-hydrogen) atoms. The number of rotatable bonds is 6. The molecule has 0 amide bonds. The Kier molecular flexibility index (Phi) is 5.82. The molecule has 0 heterocycles. The summed E-state index contributed by atoms with van der Waals surface area (Å²) in [6.07, 6.45) is 1.11. The molecule has 1 unspecified atom stereocenters. The molecule has 0 aliphatic heterocycles. The molecule has 0 saturated heterocycles. The summed E-state index contributed by atoms with van der Waals surface area (Å²) in [5.41, 5.74) is 6.20. The first-order valence-corrected chi connectivity index (χ1v) is 6.11. The van der Waals surface area contributed by atoms with Gasteiger partial charge >= 0.3 is 0 Å². The first kappa shape index (κ1) is 14.9. The van der Waals surface area contributed by atoms with E-state index in [1.54, 1.807) is 0 Å². The Morgan fingerprint density at radius 1 is 1.13 bits per heavy atom. The molecule has 0 aliphatic rings. The summed E-state index contributed by atoms with van der Waals surface area (Å²) in [6.45, 7) is 16.8. The molecule has 0 aromatic rings. The van der Waals surface area contributed by atoms with E-state index in [4.69, 9.17) is 5.73 Å². The maximum atomic E-state index is 5.53. The van der Waals surface area contributed by atoms with Crippen LogP contribution in [0.5, 0.6) is 0 Å². The van der Waals surface area contributed by atoms with Gasteiger partial charge < -0.3 is 11.1 Å². The van der Waals surface area contributed by atoms with Crippen molar-refractivity contribution < 1.29 is 0 Å². The number of nitrogens with two attached hydrogens (primary N) is 1. The lowest BCUT2D eigenvalue weighted by atomic mass is 9.69. The number of hydrogen-bond donors (Lipinski definition) is 2. The Balaban J connectivity index is 3.85. The number of hydrogen-bond acceptors (Lipinski definition) is 2. The zero-order chi connectivity index (χ0) is 12.1. The Bertz CT molecular complexity index is 168. The Hall–Kier alpha value is -0.0800. The second kappa shape index (κ2) is 5.86. The fraction of sp³-hybridized carbons (Fsp3) is 1.00. The first-order chi connectivity index (χ1) is 6.70. The van der Waals surface area contributed by atoms with E-state index in [1.807, 2.05) is 0 Å². The lowest BCUT2D eigenvalue weighted by Crippen LogP contribution is -2.40. The van der Waals surface area contributed by atoms with E-state index in [1.165, 1.54) is 0 Å².